The monoisotopic (exact) mass is 453 g/mol. The van der Waals surface area contributed by atoms with Crippen molar-refractivity contribution < 1.29 is 14.3 Å². The SMILES string of the molecule is Cc1nc(N(C)CCOc2ccc(CC3NC(=O)SC3=O)cc2)sc1-c1ccccc1. The molecule has 1 saturated heterocycles. The Bertz CT molecular complexity index is 1070. The number of hydrogen-bond donors (Lipinski definition) is 1. The number of aromatic nitrogens is 1. The molecule has 4 rings (SSSR count). The summed E-state index contributed by atoms with van der Waals surface area (Å²) >= 11 is 2.43. The van der Waals surface area contributed by atoms with E-state index in [1.165, 1.54) is 10.4 Å². The maximum absolute atomic E-state index is 11.7. The fourth-order valence-electron chi connectivity index (χ4n) is 3.28. The Kier molecular flexibility index (Phi) is 6.58. The summed E-state index contributed by atoms with van der Waals surface area (Å²) in [7, 11) is 2.02. The summed E-state index contributed by atoms with van der Waals surface area (Å²) in [6, 6.07) is 17.5. The molecular formula is C23H23N3O3S2. The molecule has 1 atom stereocenters. The zero-order valence-electron chi connectivity index (χ0n) is 17.3. The lowest BCUT2D eigenvalue weighted by molar-refractivity contribution is -0.112. The zero-order chi connectivity index (χ0) is 21.8. The Balaban J connectivity index is 1.28. The van der Waals surface area contributed by atoms with Crippen LogP contribution in [0.5, 0.6) is 5.75 Å². The highest BCUT2D eigenvalue weighted by Crippen LogP contribution is 2.33. The number of benzene rings is 2. The van der Waals surface area contributed by atoms with Crippen LogP contribution < -0.4 is 15.0 Å². The van der Waals surface area contributed by atoms with Gasteiger partial charge >= 0.3 is 0 Å². The maximum atomic E-state index is 11.7. The summed E-state index contributed by atoms with van der Waals surface area (Å²) in [6.07, 6.45) is 0.494. The molecule has 1 fully saturated rings. The second-order valence-electron chi connectivity index (χ2n) is 7.30. The third-order valence-corrected chi connectivity index (χ3v) is 7.09. The number of carbonyl (C=O) groups is 2. The van der Waals surface area contributed by atoms with Gasteiger partial charge in [-0.3, -0.25) is 9.59 Å². The summed E-state index contributed by atoms with van der Waals surface area (Å²) in [6.45, 7) is 3.28. The summed E-state index contributed by atoms with van der Waals surface area (Å²) in [5.41, 5.74) is 3.20. The minimum Gasteiger partial charge on any atom is -0.492 e. The number of thiazole rings is 1. The molecule has 6 nitrogen and oxygen atoms in total. The summed E-state index contributed by atoms with van der Waals surface area (Å²) in [4.78, 5) is 31.0. The van der Waals surface area contributed by atoms with Gasteiger partial charge in [0.15, 0.2) is 5.13 Å². The molecule has 0 radical (unpaired) electrons. The van der Waals surface area contributed by atoms with Gasteiger partial charge < -0.3 is 15.0 Å². The molecule has 1 unspecified atom stereocenters. The van der Waals surface area contributed by atoms with Crippen molar-refractivity contribution in [2.45, 2.75) is 19.4 Å². The van der Waals surface area contributed by atoms with Crippen LogP contribution in [-0.4, -0.2) is 41.6 Å². The number of thioether (sulfide) groups is 1. The van der Waals surface area contributed by atoms with Crippen molar-refractivity contribution in [1.82, 2.24) is 10.3 Å². The molecule has 2 aromatic carbocycles. The van der Waals surface area contributed by atoms with Crippen molar-refractivity contribution in [1.29, 1.82) is 0 Å². The number of nitrogens with zero attached hydrogens (tertiary/aromatic N) is 2. The van der Waals surface area contributed by atoms with E-state index in [0.717, 1.165) is 33.9 Å². The smallest absolute Gasteiger partial charge is 0.287 e. The number of hydrogen-bond acceptors (Lipinski definition) is 7. The van der Waals surface area contributed by atoms with E-state index >= 15 is 0 Å². The molecule has 1 aliphatic heterocycles. The molecule has 1 N–H and O–H groups in total. The quantitative estimate of drug-likeness (QED) is 0.540. The van der Waals surface area contributed by atoms with Gasteiger partial charge in [0.05, 0.1) is 17.1 Å². The molecule has 160 valence electrons. The van der Waals surface area contributed by atoms with Gasteiger partial charge in [-0.1, -0.05) is 53.8 Å². The highest BCUT2D eigenvalue weighted by atomic mass is 32.2. The normalized spacial score (nSPS) is 15.7. The third-order valence-electron chi connectivity index (χ3n) is 4.98. The molecule has 3 aromatic rings. The number of anilines is 1. The van der Waals surface area contributed by atoms with E-state index < -0.39 is 6.04 Å². The van der Waals surface area contributed by atoms with Crippen LogP contribution in [0.15, 0.2) is 54.6 Å². The Morgan fingerprint density at radius 1 is 1.10 bits per heavy atom. The fourth-order valence-corrected chi connectivity index (χ4v) is 5.01. The minimum atomic E-state index is -0.444. The molecule has 0 saturated carbocycles. The number of rotatable bonds is 8. The predicted octanol–water partition coefficient (Wildman–Crippen LogP) is 4.53. The highest BCUT2D eigenvalue weighted by Gasteiger charge is 2.31. The van der Waals surface area contributed by atoms with Crippen molar-refractivity contribution >= 4 is 38.6 Å². The largest absolute Gasteiger partial charge is 0.492 e. The van der Waals surface area contributed by atoms with Crippen molar-refractivity contribution in [3.63, 3.8) is 0 Å². The van der Waals surface area contributed by atoms with Gasteiger partial charge in [-0.25, -0.2) is 4.98 Å². The first-order chi connectivity index (χ1) is 15.0. The van der Waals surface area contributed by atoms with Crippen molar-refractivity contribution in [3.8, 4) is 16.2 Å². The van der Waals surface area contributed by atoms with Crippen LogP contribution in [0.3, 0.4) is 0 Å². The van der Waals surface area contributed by atoms with E-state index in [0.29, 0.717) is 19.6 Å². The van der Waals surface area contributed by atoms with Crippen LogP contribution >= 0.6 is 23.1 Å². The molecule has 0 aliphatic carbocycles. The van der Waals surface area contributed by atoms with Crippen LogP contribution in [0.4, 0.5) is 9.93 Å². The number of ether oxygens (including phenoxy) is 1. The first kappa shape index (κ1) is 21.4. The van der Waals surface area contributed by atoms with Gasteiger partial charge in [0.25, 0.3) is 5.24 Å². The Labute approximate surface area is 189 Å². The van der Waals surface area contributed by atoms with E-state index in [1.807, 2.05) is 56.4 Å². The summed E-state index contributed by atoms with van der Waals surface area (Å²) in [5, 5.41) is 3.25. The van der Waals surface area contributed by atoms with E-state index in [9.17, 15) is 9.59 Å². The van der Waals surface area contributed by atoms with Crippen molar-refractivity contribution in [3.05, 3.63) is 65.9 Å². The molecule has 31 heavy (non-hydrogen) atoms. The molecule has 0 spiro atoms. The first-order valence-electron chi connectivity index (χ1n) is 9.97. The van der Waals surface area contributed by atoms with E-state index in [2.05, 4.69) is 22.3 Å². The Morgan fingerprint density at radius 2 is 1.84 bits per heavy atom. The van der Waals surface area contributed by atoms with Crippen LogP contribution in [0.2, 0.25) is 0 Å². The molecule has 1 amide bonds. The molecule has 1 aromatic heterocycles. The lowest BCUT2D eigenvalue weighted by atomic mass is 10.1. The van der Waals surface area contributed by atoms with Crippen LogP contribution in [-0.2, 0) is 11.2 Å². The van der Waals surface area contributed by atoms with Gasteiger partial charge in [0.2, 0.25) is 5.12 Å². The Hall–Kier alpha value is -2.84. The zero-order valence-corrected chi connectivity index (χ0v) is 19.0. The van der Waals surface area contributed by atoms with Crippen LogP contribution in [0, 0.1) is 6.92 Å². The number of likely N-dealkylation sites (N-methyl/N-ethyl adjacent to an activating group) is 1. The number of aryl methyl sites for hydroxylation is 1. The topological polar surface area (TPSA) is 71.5 Å². The Morgan fingerprint density at radius 3 is 2.52 bits per heavy atom. The van der Waals surface area contributed by atoms with Gasteiger partial charge in [0, 0.05) is 25.2 Å². The average molecular weight is 454 g/mol. The number of carbonyl (C=O) groups excluding carboxylic acids is 2. The summed E-state index contributed by atoms with van der Waals surface area (Å²) in [5.74, 6) is 0.772. The fraction of sp³-hybridized carbons (Fsp3) is 0.261. The van der Waals surface area contributed by atoms with Gasteiger partial charge in [-0.15, -0.1) is 0 Å². The van der Waals surface area contributed by atoms with Crippen molar-refractivity contribution in [2.24, 2.45) is 0 Å². The van der Waals surface area contributed by atoms with Crippen LogP contribution in [0.25, 0.3) is 10.4 Å². The van der Waals surface area contributed by atoms with Crippen molar-refractivity contribution in [2.75, 3.05) is 25.1 Å². The third kappa shape index (κ3) is 5.26. The predicted molar refractivity (Wildman–Crippen MR) is 126 cm³/mol. The number of amides is 1. The highest BCUT2D eigenvalue weighted by molar-refractivity contribution is 8.26. The standard InChI is InChI=1S/C23H23N3O3S2/c1-15-20(17-6-4-3-5-7-17)30-22(24-15)26(2)12-13-29-18-10-8-16(9-11-18)14-19-21(27)31-23(28)25-19/h3-11,19H,12-14H2,1-2H3,(H,25,28). The molecule has 2 heterocycles. The lowest BCUT2D eigenvalue weighted by Gasteiger charge is -2.16. The molecule has 1 aliphatic rings. The van der Waals surface area contributed by atoms with E-state index in [4.69, 9.17) is 9.72 Å². The second kappa shape index (κ2) is 9.53. The first-order valence-corrected chi connectivity index (χ1v) is 11.6. The second-order valence-corrected chi connectivity index (χ2v) is 9.26. The molecule has 8 heteroatoms. The van der Waals surface area contributed by atoms with Gasteiger partial charge in [0.1, 0.15) is 18.4 Å². The lowest BCUT2D eigenvalue weighted by Crippen LogP contribution is -2.30. The number of nitrogens with one attached hydrogen (secondary N) is 1. The molecule has 0 bridgehead atoms. The maximum Gasteiger partial charge on any atom is 0.287 e. The van der Waals surface area contributed by atoms with Gasteiger partial charge in [-0.05, 0) is 30.2 Å². The van der Waals surface area contributed by atoms with Gasteiger partial charge in [-0.2, -0.15) is 0 Å². The van der Waals surface area contributed by atoms with E-state index in [-0.39, 0.29) is 10.4 Å². The summed E-state index contributed by atoms with van der Waals surface area (Å²) < 4.78 is 5.88. The minimum absolute atomic E-state index is 0.124. The van der Waals surface area contributed by atoms with E-state index in [1.54, 1.807) is 11.3 Å². The van der Waals surface area contributed by atoms with Crippen LogP contribution in [0.1, 0.15) is 11.3 Å². The molecular weight excluding hydrogens is 430 g/mol. The average Bonchev–Trinajstić information content (AvgIpc) is 3.31.